The maximum absolute atomic E-state index is 12.7. The predicted molar refractivity (Wildman–Crippen MR) is 79.2 cm³/mol. The summed E-state index contributed by atoms with van der Waals surface area (Å²) in [7, 11) is 0. The summed E-state index contributed by atoms with van der Waals surface area (Å²) < 4.78 is 2.69. The number of rotatable bonds is 1. The standard InChI is InChI=1S/C15H12N4O2/c1-9-7-11-13-14(17-9)18(10-5-3-2-4-6-10)15(21)19(13)12(20)8-16-11/h2-7,16H,8H2,1H3. The first-order valence-corrected chi connectivity index (χ1v) is 6.64. The van der Waals surface area contributed by atoms with E-state index in [4.69, 9.17) is 0 Å². The zero-order chi connectivity index (χ0) is 14.6. The molecule has 0 saturated carbocycles. The van der Waals surface area contributed by atoms with Crippen molar-refractivity contribution in [3.8, 4) is 5.69 Å². The molecule has 3 aromatic rings. The summed E-state index contributed by atoms with van der Waals surface area (Å²) in [6.07, 6.45) is 0. The molecule has 0 radical (unpaired) electrons. The average Bonchev–Trinajstić information content (AvgIpc) is 2.77. The molecule has 0 atom stereocenters. The van der Waals surface area contributed by atoms with Crippen molar-refractivity contribution in [3.63, 3.8) is 0 Å². The Hall–Kier alpha value is -2.89. The molecule has 104 valence electrons. The number of imidazole rings is 1. The van der Waals surface area contributed by atoms with E-state index in [0.717, 1.165) is 11.4 Å². The van der Waals surface area contributed by atoms with Crippen molar-refractivity contribution in [1.29, 1.82) is 0 Å². The number of hydrogen-bond donors (Lipinski definition) is 1. The van der Waals surface area contributed by atoms with Crippen LogP contribution in [0.25, 0.3) is 16.9 Å². The van der Waals surface area contributed by atoms with Crippen molar-refractivity contribution in [1.82, 2.24) is 14.1 Å². The van der Waals surface area contributed by atoms with Crippen LogP contribution in [0.1, 0.15) is 10.5 Å². The highest BCUT2D eigenvalue weighted by Gasteiger charge is 2.26. The number of nitrogens with zero attached hydrogens (tertiary/aromatic N) is 3. The molecule has 0 fully saturated rings. The number of pyridine rings is 1. The lowest BCUT2D eigenvalue weighted by Crippen LogP contribution is -2.34. The third-order valence-corrected chi connectivity index (χ3v) is 3.61. The van der Waals surface area contributed by atoms with Gasteiger partial charge >= 0.3 is 5.69 Å². The van der Waals surface area contributed by atoms with Crippen LogP contribution in [0.15, 0.2) is 41.2 Å². The summed E-state index contributed by atoms with van der Waals surface area (Å²) >= 11 is 0. The van der Waals surface area contributed by atoms with Gasteiger partial charge in [-0.05, 0) is 25.1 Å². The highest BCUT2D eigenvalue weighted by atomic mass is 16.2. The van der Waals surface area contributed by atoms with Gasteiger partial charge in [0.2, 0.25) is 0 Å². The number of carbonyl (C=O) groups is 1. The lowest BCUT2D eigenvalue weighted by atomic mass is 10.2. The number of nitrogens with one attached hydrogen (secondary N) is 1. The summed E-state index contributed by atoms with van der Waals surface area (Å²) in [6, 6.07) is 11.1. The van der Waals surface area contributed by atoms with E-state index in [1.54, 1.807) is 0 Å². The van der Waals surface area contributed by atoms with Crippen molar-refractivity contribution in [2.24, 2.45) is 0 Å². The number of anilines is 1. The molecule has 0 amide bonds. The van der Waals surface area contributed by atoms with Crippen LogP contribution >= 0.6 is 0 Å². The molecule has 0 saturated heterocycles. The molecule has 1 aliphatic heterocycles. The molecule has 1 aliphatic rings. The Morgan fingerprint density at radius 3 is 2.67 bits per heavy atom. The van der Waals surface area contributed by atoms with Crippen molar-refractivity contribution in [3.05, 3.63) is 52.6 Å². The molecule has 6 nitrogen and oxygen atoms in total. The maximum atomic E-state index is 12.7. The van der Waals surface area contributed by atoms with E-state index in [0.29, 0.717) is 16.9 Å². The molecular formula is C15H12N4O2. The summed E-state index contributed by atoms with van der Waals surface area (Å²) in [5.74, 6) is -0.266. The highest BCUT2D eigenvalue weighted by molar-refractivity contribution is 6.01. The van der Waals surface area contributed by atoms with Gasteiger partial charge in [-0.2, -0.15) is 0 Å². The van der Waals surface area contributed by atoms with Gasteiger partial charge < -0.3 is 5.32 Å². The number of aryl methyl sites for hydroxylation is 1. The molecule has 6 heteroatoms. The fourth-order valence-corrected chi connectivity index (χ4v) is 2.74. The molecule has 21 heavy (non-hydrogen) atoms. The normalized spacial score (nSPS) is 13.5. The van der Waals surface area contributed by atoms with Gasteiger partial charge in [-0.25, -0.2) is 18.9 Å². The Balaban J connectivity index is 2.22. The van der Waals surface area contributed by atoms with Crippen LogP contribution in [0.4, 0.5) is 5.69 Å². The second-order valence-electron chi connectivity index (χ2n) is 5.02. The maximum Gasteiger partial charge on any atom is 0.341 e. The monoisotopic (exact) mass is 280 g/mol. The lowest BCUT2D eigenvalue weighted by molar-refractivity contribution is 0.0926. The smallest absolute Gasteiger partial charge is 0.341 e. The second-order valence-corrected chi connectivity index (χ2v) is 5.02. The molecule has 4 rings (SSSR count). The number of benzene rings is 1. The molecule has 0 bridgehead atoms. The van der Waals surface area contributed by atoms with Crippen molar-refractivity contribution >= 4 is 22.8 Å². The van der Waals surface area contributed by atoms with E-state index < -0.39 is 0 Å². The van der Waals surface area contributed by atoms with Gasteiger partial charge in [0, 0.05) is 5.69 Å². The predicted octanol–water partition coefficient (Wildman–Crippen LogP) is 1.56. The van der Waals surface area contributed by atoms with Crippen molar-refractivity contribution in [2.75, 3.05) is 11.9 Å². The van der Waals surface area contributed by atoms with E-state index in [2.05, 4.69) is 10.3 Å². The van der Waals surface area contributed by atoms with Crippen LogP contribution in [-0.2, 0) is 0 Å². The quantitative estimate of drug-likeness (QED) is 0.734. The highest BCUT2D eigenvalue weighted by Crippen LogP contribution is 2.26. The van der Waals surface area contributed by atoms with Crippen LogP contribution in [-0.4, -0.2) is 26.6 Å². The average molecular weight is 280 g/mol. The Morgan fingerprint density at radius 1 is 1.14 bits per heavy atom. The molecule has 3 heterocycles. The summed E-state index contributed by atoms with van der Waals surface area (Å²) in [5, 5.41) is 3.05. The van der Waals surface area contributed by atoms with Crippen LogP contribution in [0.5, 0.6) is 0 Å². The fraction of sp³-hybridized carbons (Fsp3) is 0.133. The van der Waals surface area contributed by atoms with E-state index in [1.807, 2.05) is 43.3 Å². The van der Waals surface area contributed by atoms with Crippen LogP contribution in [0.3, 0.4) is 0 Å². The second kappa shape index (κ2) is 4.05. The van der Waals surface area contributed by atoms with Gasteiger partial charge in [-0.3, -0.25) is 4.79 Å². The van der Waals surface area contributed by atoms with Crippen LogP contribution in [0, 0.1) is 6.92 Å². The summed E-state index contributed by atoms with van der Waals surface area (Å²) in [5.41, 5.74) is 2.93. The third kappa shape index (κ3) is 1.56. The first-order valence-electron chi connectivity index (χ1n) is 6.64. The number of hydrogen-bond acceptors (Lipinski definition) is 4. The molecule has 0 spiro atoms. The topological polar surface area (TPSA) is 68.9 Å². The largest absolute Gasteiger partial charge is 0.374 e. The lowest BCUT2D eigenvalue weighted by Gasteiger charge is -2.14. The molecule has 0 unspecified atom stereocenters. The molecule has 0 aliphatic carbocycles. The Morgan fingerprint density at radius 2 is 1.90 bits per heavy atom. The minimum atomic E-state index is -0.373. The Bertz CT molecular complexity index is 938. The number of para-hydroxylation sites is 1. The fourth-order valence-electron chi connectivity index (χ4n) is 2.74. The SMILES string of the molecule is Cc1cc2c3c(n1)n(-c1ccccc1)c(=O)n3C(=O)CN2. The van der Waals surface area contributed by atoms with Gasteiger partial charge in [0.05, 0.1) is 17.9 Å². The molecule has 1 aromatic carbocycles. The Kier molecular flexibility index (Phi) is 2.29. The minimum absolute atomic E-state index is 0.115. The Labute approximate surface area is 119 Å². The van der Waals surface area contributed by atoms with Gasteiger partial charge in [0.25, 0.3) is 5.91 Å². The number of aromatic nitrogens is 3. The van der Waals surface area contributed by atoms with Gasteiger partial charge in [-0.1, -0.05) is 18.2 Å². The zero-order valence-electron chi connectivity index (χ0n) is 11.3. The summed E-state index contributed by atoms with van der Waals surface area (Å²) in [4.78, 5) is 29.2. The van der Waals surface area contributed by atoms with Gasteiger partial charge in [0.15, 0.2) is 5.65 Å². The van der Waals surface area contributed by atoms with E-state index >= 15 is 0 Å². The first-order chi connectivity index (χ1) is 10.2. The minimum Gasteiger partial charge on any atom is -0.374 e. The first kappa shape index (κ1) is 11.9. The van der Waals surface area contributed by atoms with Crippen LogP contribution < -0.4 is 11.0 Å². The summed E-state index contributed by atoms with van der Waals surface area (Å²) in [6.45, 7) is 1.98. The molecular weight excluding hydrogens is 268 g/mol. The molecule has 1 N–H and O–H groups in total. The van der Waals surface area contributed by atoms with Gasteiger partial charge in [0.1, 0.15) is 5.52 Å². The van der Waals surface area contributed by atoms with Gasteiger partial charge in [-0.15, -0.1) is 0 Å². The van der Waals surface area contributed by atoms with E-state index in [9.17, 15) is 9.59 Å². The number of carbonyl (C=O) groups excluding carboxylic acids is 1. The third-order valence-electron chi connectivity index (χ3n) is 3.61. The van der Waals surface area contributed by atoms with Crippen LogP contribution in [0.2, 0.25) is 0 Å². The van der Waals surface area contributed by atoms with Crippen molar-refractivity contribution in [2.45, 2.75) is 6.92 Å². The molecule has 2 aromatic heterocycles. The van der Waals surface area contributed by atoms with E-state index in [-0.39, 0.29) is 18.1 Å². The zero-order valence-corrected chi connectivity index (χ0v) is 11.3. The van der Waals surface area contributed by atoms with E-state index in [1.165, 1.54) is 9.13 Å². The van der Waals surface area contributed by atoms with Crippen molar-refractivity contribution < 1.29 is 4.79 Å².